The fourth-order valence-corrected chi connectivity index (χ4v) is 1.73. The molecular weight excluding hydrogens is 182 g/mol. The van der Waals surface area contributed by atoms with Gasteiger partial charge in [-0.15, -0.1) is 0 Å². The Morgan fingerprint density at radius 3 is 2.50 bits per heavy atom. The van der Waals surface area contributed by atoms with Crippen molar-refractivity contribution in [1.29, 1.82) is 0 Å². The van der Waals surface area contributed by atoms with Crippen molar-refractivity contribution in [1.82, 2.24) is 0 Å². The molecule has 14 heavy (non-hydrogen) atoms. The Kier molecular flexibility index (Phi) is 1.32. The first-order chi connectivity index (χ1) is 6.69. The number of ether oxygens (including phenoxy) is 2. The molecule has 0 amide bonds. The molecule has 0 bridgehead atoms. The Bertz CT molecular complexity index is 399. The van der Waals surface area contributed by atoms with Gasteiger partial charge >= 0.3 is 0 Å². The Balaban J connectivity index is 2.13. The molecule has 4 nitrogen and oxygen atoms in total. The van der Waals surface area contributed by atoms with Gasteiger partial charge < -0.3 is 20.3 Å². The predicted octanol–water partition coefficient (Wildman–Crippen LogP) is 1.07. The van der Waals surface area contributed by atoms with Crippen LogP contribution in [0, 0.1) is 0 Å². The van der Waals surface area contributed by atoms with Crippen LogP contribution in [0.15, 0.2) is 12.1 Å². The highest BCUT2D eigenvalue weighted by atomic mass is 16.7. The number of phenolic OH excluding ortho intramolecular Hbond substituents is 1. The molecule has 0 atom stereocenters. The lowest BCUT2D eigenvalue weighted by molar-refractivity contribution is 0.174. The smallest absolute Gasteiger partial charge is 0.231 e. The number of fused-ring (bicyclic) bond motifs is 1. The van der Waals surface area contributed by atoms with Crippen LogP contribution in [0.1, 0.15) is 18.4 Å². The lowest BCUT2D eigenvalue weighted by Crippen LogP contribution is -2.18. The molecule has 1 aromatic carbocycles. The number of aromatic hydroxyl groups is 1. The minimum Gasteiger partial charge on any atom is -0.507 e. The van der Waals surface area contributed by atoms with Crippen LogP contribution in [0.2, 0.25) is 0 Å². The van der Waals surface area contributed by atoms with Crippen molar-refractivity contribution in [3.63, 3.8) is 0 Å². The molecule has 4 heteroatoms. The van der Waals surface area contributed by atoms with Gasteiger partial charge in [0.05, 0.1) is 0 Å². The lowest BCUT2D eigenvalue weighted by Gasteiger charge is -2.11. The summed E-state index contributed by atoms with van der Waals surface area (Å²) >= 11 is 0. The molecular formula is C10H11NO3. The molecule has 1 aromatic rings. The Labute approximate surface area is 81.2 Å². The second-order valence-corrected chi connectivity index (χ2v) is 3.88. The Hall–Kier alpha value is -1.42. The minimum absolute atomic E-state index is 0.203. The topological polar surface area (TPSA) is 64.7 Å². The van der Waals surface area contributed by atoms with Crippen LogP contribution in [-0.2, 0) is 5.54 Å². The van der Waals surface area contributed by atoms with E-state index in [1.165, 1.54) is 0 Å². The van der Waals surface area contributed by atoms with Gasteiger partial charge in [0.15, 0.2) is 11.5 Å². The quantitative estimate of drug-likeness (QED) is 0.700. The SMILES string of the molecule is NC1(c2cc3c(cc2O)OCO3)CC1. The number of rotatable bonds is 1. The maximum atomic E-state index is 9.73. The number of hydrogen-bond acceptors (Lipinski definition) is 4. The molecule has 1 aliphatic heterocycles. The number of benzene rings is 1. The number of nitrogens with two attached hydrogens (primary N) is 1. The third-order valence-electron chi connectivity index (χ3n) is 2.82. The summed E-state index contributed by atoms with van der Waals surface area (Å²) in [6, 6.07) is 3.36. The highest BCUT2D eigenvalue weighted by Crippen LogP contribution is 2.49. The number of hydrogen-bond donors (Lipinski definition) is 2. The standard InChI is InChI=1S/C10H11NO3/c11-10(1-2-10)6-3-8-9(4-7(6)12)14-5-13-8/h3-4,12H,1-2,5,11H2. The van der Waals surface area contributed by atoms with E-state index < -0.39 is 0 Å². The van der Waals surface area contributed by atoms with E-state index in [-0.39, 0.29) is 18.1 Å². The predicted molar refractivity (Wildman–Crippen MR) is 49.3 cm³/mol. The average molecular weight is 193 g/mol. The van der Waals surface area contributed by atoms with E-state index in [4.69, 9.17) is 15.2 Å². The first-order valence-electron chi connectivity index (χ1n) is 4.61. The van der Waals surface area contributed by atoms with E-state index in [9.17, 15) is 5.11 Å². The fraction of sp³-hybridized carbons (Fsp3) is 0.400. The third kappa shape index (κ3) is 0.974. The molecule has 0 aromatic heterocycles. The summed E-state index contributed by atoms with van der Waals surface area (Å²) in [5.74, 6) is 1.47. The maximum absolute atomic E-state index is 9.73. The van der Waals surface area contributed by atoms with Crippen LogP contribution in [0.3, 0.4) is 0 Å². The molecule has 1 fully saturated rings. The average Bonchev–Trinajstić information content (AvgIpc) is 2.75. The summed E-state index contributed by atoms with van der Waals surface area (Å²) in [7, 11) is 0. The summed E-state index contributed by atoms with van der Waals surface area (Å²) < 4.78 is 10.4. The molecule has 0 saturated heterocycles. The molecule has 1 saturated carbocycles. The first kappa shape index (κ1) is 7.94. The number of phenols is 1. The largest absolute Gasteiger partial charge is 0.507 e. The van der Waals surface area contributed by atoms with Gasteiger partial charge in [0, 0.05) is 17.2 Å². The lowest BCUT2D eigenvalue weighted by atomic mass is 10.0. The second kappa shape index (κ2) is 2.33. The van der Waals surface area contributed by atoms with Gasteiger partial charge in [-0.1, -0.05) is 0 Å². The van der Waals surface area contributed by atoms with Gasteiger partial charge in [-0.3, -0.25) is 0 Å². The second-order valence-electron chi connectivity index (χ2n) is 3.88. The maximum Gasteiger partial charge on any atom is 0.231 e. The normalized spacial score (nSPS) is 20.9. The van der Waals surface area contributed by atoms with Gasteiger partial charge in [-0.2, -0.15) is 0 Å². The van der Waals surface area contributed by atoms with E-state index >= 15 is 0 Å². The molecule has 0 spiro atoms. The summed E-state index contributed by atoms with van der Waals surface area (Å²) in [6.45, 7) is 0.218. The van der Waals surface area contributed by atoms with Crippen molar-refractivity contribution in [2.24, 2.45) is 5.73 Å². The van der Waals surface area contributed by atoms with Gasteiger partial charge in [0.2, 0.25) is 6.79 Å². The van der Waals surface area contributed by atoms with E-state index in [1.54, 1.807) is 12.1 Å². The van der Waals surface area contributed by atoms with Crippen LogP contribution in [0.4, 0.5) is 0 Å². The molecule has 1 heterocycles. The van der Waals surface area contributed by atoms with E-state index in [1.807, 2.05) is 0 Å². The van der Waals surface area contributed by atoms with Gasteiger partial charge in [0.25, 0.3) is 0 Å². The molecule has 74 valence electrons. The molecule has 2 aliphatic rings. The van der Waals surface area contributed by atoms with Crippen LogP contribution >= 0.6 is 0 Å². The van der Waals surface area contributed by atoms with Gasteiger partial charge in [-0.05, 0) is 18.9 Å². The highest BCUT2D eigenvalue weighted by Gasteiger charge is 2.42. The summed E-state index contributed by atoms with van der Waals surface area (Å²) in [6.07, 6.45) is 1.83. The summed E-state index contributed by atoms with van der Waals surface area (Å²) in [5.41, 5.74) is 6.43. The van der Waals surface area contributed by atoms with Crippen LogP contribution in [0.5, 0.6) is 17.2 Å². The van der Waals surface area contributed by atoms with Gasteiger partial charge in [0.1, 0.15) is 5.75 Å². The van der Waals surface area contributed by atoms with Gasteiger partial charge in [-0.25, -0.2) is 0 Å². The zero-order valence-electron chi connectivity index (χ0n) is 7.62. The van der Waals surface area contributed by atoms with Crippen molar-refractivity contribution in [2.75, 3.05) is 6.79 Å². The molecule has 0 radical (unpaired) electrons. The molecule has 0 unspecified atom stereocenters. The highest BCUT2D eigenvalue weighted by molar-refractivity contribution is 5.54. The van der Waals surface area contributed by atoms with Crippen molar-refractivity contribution in [2.45, 2.75) is 18.4 Å². The Morgan fingerprint density at radius 2 is 1.86 bits per heavy atom. The zero-order chi connectivity index (χ0) is 9.76. The Morgan fingerprint density at radius 1 is 1.21 bits per heavy atom. The summed E-state index contributed by atoms with van der Waals surface area (Å²) in [4.78, 5) is 0. The van der Waals surface area contributed by atoms with Crippen LogP contribution in [0.25, 0.3) is 0 Å². The van der Waals surface area contributed by atoms with Crippen molar-refractivity contribution in [3.05, 3.63) is 17.7 Å². The third-order valence-corrected chi connectivity index (χ3v) is 2.82. The van der Waals surface area contributed by atoms with E-state index in [2.05, 4.69) is 0 Å². The zero-order valence-corrected chi connectivity index (χ0v) is 7.62. The van der Waals surface area contributed by atoms with Crippen LogP contribution in [-0.4, -0.2) is 11.9 Å². The monoisotopic (exact) mass is 193 g/mol. The van der Waals surface area contributed by atoms with Crippen LogP contribution < -0.4 is 15.2 Å². The minimum atomic E-state index is -0.342. The molecule has 3 N–H and O–H groups in total. The fourth-order valence-electron chi connectivity index (χ4n) is 1.73. The van der Waals surface area contributed by atoms with E-state index in [0.717, 1.165) is 18.4 Å². The van der Waals surface area contributed by atoms with E-state index in [0.29, 0.717) is 11.5 Å². The van der Waals surface area contributed by atoms with Crippen molar-refractivity contribution in [3.8, 4) is 17.2 Å². The van der Waals surface area contributed by atoms with Crippen molar-refractivity contribution >= 4 is 0 Å². The molecule has 3 rings (SSSR count). The summed E-state index contributed by atoms with van der Waals surface area (Å²) in [5, 5.41) is 9.73. The van der Waals surface area contributed by atoms with Crippen molar-refractivity contribution < 1.29 is 14.6 Å². The first-order valence-corrected chi connectivity index (χ1v) is 4.61. The molecule has 1 aliphatic carbocycles.